The predicted molar refractivity (Wildman–Crippen MR) is 42.8 cm³/mol. The smallest absolute Gasteiger partial charge is 0.145 e. The number of allylic oxidation sites excluding steroid dienone is 1. The van der Waals surface area contributed by atoms with Crippen molar-refractivity contribution >= 4 is 23.5 Å². The first kappa shape index (κ1) is 7.15. The van der Waals surface area contributed by atoms with Crippen LogP contribution in [0.15, 0.2) is 12.1 Å². The van der Waals surface area contributed by atoms with Gasteiger partial charge < -0.3 is 5.73 Å². The number of halogens is 1. The van der Waals surface area contributed by atoms with Crippen LogP contribution in [0.1, 0.15) is 5.69 Å². The zero-order valence-electron chi connectivity index (χ0n) is 5.34. The maximum atomic E-state index is 5.41. The molecular weight excluding hydrogens is 150 g/mol. The summed E-state index contributed by atoms with van der Waals surface area (Å²) in [5.74, 6) is 0.994. The number of rotatable bonds is 2. The zero-order valence-corrected chi connectivity index (χ0v) is 6.10. The maximum absolute atomic E-state index is 5.41. The standard InChI is InChI=1S/C6H8ClN3/c7-3-1-2-5-4-6(8)10-9-5/h1-2,4H,3H2,(H3,8,9,10). The van der Waals surface area contributed by atoms with Crippen molar-refractivity contribution in [1.29, 1.82) is 0 Å². The Bertz CT molecular complexity index is 229. The third-order valence-corrected chi connectivity index (χ3v) is 1.18. The summed E-state index contributed by atoms with van der Waals surface area (Å²) in [6, 6.07) is 1.74. The molecule has 0 saturated heterocycles. The number of nitrogen functional groups attached to an aromatic ring is 1. The van der Waals surface area contributed by atoms with E-state index in [4.69, 9.17) is 17.3 Å². The SMILES string of the molecule is Nc1cc(C=CCCl)[nH]n1. The van der Waals surface area contributed by atoms with Crippen molar-refractivity contribution in [2.24, 2.45) is 0 Å². The molecule has 0 saturated carbocycles. The lowest BCUT2D eigenvalue weighted by atomic mass is 10.4. The Balaban J connectivity index is 2.67. The van der Waals surface area contributed by atoms with E-state index in [1.165, 1.54) is 0 Å². The van der Waals surface area contributed by atoms with Gasteiger partial charge in [-0.15, -0.1) is 11.6 Å². The number of aromatic amines is 1. The van der Waals surface area contributed by atoms with Crippen molar-refractivity contribution in [3.8, 4) is 0 Å². The second-order valence-corrected chi connectivity index (χ2v) is 2.11. The quantitative estimate of drug-likeness (QED) is 0.635. The van der Waals surface area contributed by atoms with Gasteiger partial charge in [-0.05, 0) is 6.08 Å². The number of aromatic nitrogens is 2. The highest BCUT2D eigenvalue weighted by Gasteiger charge is 1.89. The Morgan fingerprint density at radius 3 is 3.10 bits per heavy atom. The molecule has 0 aliphatic carbocycles. The van der Waals surface area contributed by atoms with Crippen molar-refractivity contribution in [3.63, 3.8) is 0 Å². The summed E-state index contributed by atoms with van der Waals surface area (Å²) in [4.78, 5) is 0. The molecule has 0 aromatic carbocycles. The van der Waals surface area contributed by atoms with E-state index in [1.807, 2.05) is 12.2 Å². The van der Waals surface area contributed by atoms with Gasteiger partial charge in [0.15, 0.2) is 0 Å². The molecule has 0 atom stereocenters. The van der Waals surface area contributed by atoms with Crippen LogP contribution in [0.3, 0.4) is 0 Å². The second kappa shape index (κ2) is 3.27. The summed E-state index contributed by atoms with van der Waals surface area (Å²) in [5, 5.41) is 6.45. The molecule has 1 aromatic heterocycles. The van der Waals surface area contributed by atoms with Crippen molar-refractivity contribution in [3.05, 3.63) is 17.8 Å². The van der Waals surface area contributed by atoms with Crippen molar-refractivity contribution in [2.75, 3.05) is 11.6 Å². The van der Waals surface area contributed by atoms with E-state index < -0.39 is 0 Å². The Hall–Kier alpha value is -0.960. The number of nitrogens with zero attached hydrogens (tertiary/aromatic N) is 1. The summed E-state index contributed by atoms with van der Waals surface area (Å²) in [5.41, 5.74) is 6.21. The minimum atomic E-state index is 0.495. The zero-order chi connectivity index (χ0) is 7.40. The van der Waals surface area contributed by atoms with Crippen LogP contribution in [-0.2, 0) is 0 Å². The van der Waals surface area contributed by atoms with Gasteiger partial charge >= 0.3 is 0 Å². The molecule has 1 heterocycles. The topological polar surface area (TPSA) is 54.7 Å². The first-order valence-electron chi connectivity index (χ1n) is 2.86. The molecule has 0 aliphatic heterocycles. The van der Waals surface area contributed by atoms with Gasteiger partial charge in [0.1, 0.15) is 5.82 Å². The average molecular weight is 158 g/mol. The minimum absolute atomic E-state index is 0.495. The van der Waals surface area contributed by atoms with E-state index in [0.29, 0.717) is 11.7 Å². The molecule has 0 fully saturated rings. The van der Waals surface area contributed by atoms with E-state index in [-0.39, 0.29) is 0 Å². The van der Waals surface area contributed by atoms with Gasteiger partial charge in [0, 0.05) is 11.9 Å². The van der Waals surface area contributed by atoms with Gasteiger partial charge in [-0.25, -0.2) is 0 Å². The van der Waals surface area contributed by atoms with Crippen LogP contribution in [0.25, 0.3) is 6.08 Å². The van der Waals surface area contributed by atoms with Gasteiger partial charge in [-0.3, -0.25) is 5.10 Å². The Morgan fingerprint density at radius 2 is 2.60 bits per heavy atom. The van der Waals surface area contributed by atoms with Crippen LogP contribution >= 0.6 is 11.6 Å². The molecule has 4 heteroatoms. The van der Waals surface area contributed by atoms with Crippen molar-refractivity contribution in [2.45, 2.75) is 0 Å². The molecule has 54 valence electrons. The third kappa shape index (κ3) is 1.77. The highest BCUT2D eigenvalue weighted by Crippen LogP contribution is 2.01. The van der Waals surface area contributed by atoms with E-state index in [2.05, 4.69) is 10.2 Å². The van der Waals surface area contributed by atoms with Crippen LogP contribution in [0.2, 0.25) is 0 Å². The lowest BCUT2D eigenvalue weighted by Crippen LogP contribution is -1.81. The molecule has 0 amide bonds. The summed E-state index contributed by atoms with van der Waals surface area (Å²) >= 11 is 5.41. The van der Waals surface area contributed by atoms with Crippen molar-refractivity contribution < 1.29 is 0 Å². The van der Waals surface area contributed by atoms with Crippen LogP contribution in [0.5, 0.6) is 0 Å². The lowest BCUT2D eigenvalue weighted by molar-refractivity contribution is 1.09. The second-order valence-electron chi connectivity index (χ2n) is 1.80. The van der Waals surface area contributed by atoms with Gasteiger partial charge in [0.05, 0.1) is 5.69 Å². The molecule has 10 heavy (non-hydrogen) atoms. The third-order valence-electron chi connectivity index (χ3n) is 1.00. The molecule has 0 radical (unpaired) electrons. The van der Waals surface area contributed by atoms with Crippen LogP contribution in [0, 0.1) is 0 Å². The summed E-state index contributed by atoms with van der Waals surface area (Å²) in [6.45, 7) is 0. The molecule has 3 N–H and O–H groups in total. The predicted octanol–water partition coefficient (Wildman–Crippen LogP) is 1.24. The Kier molecular flexibility index (Phi) is 2.34. The van der Waals surface area contributed by atoms with Crippen LogP contribution in [0.4, 0.5) is 5.82 Å². The maximum Gasteiger partial charge on any atom is 0.145 e. The van der Waals surface area contributed by atoms with Crippen LogP contribution < -0.4 is 5.73 Å². The molecule has 3 nitrogen and oxygen atoms in total. The monoisotopic (exact) mass is 157 g/mol. The number of anilines is 1. The van der Waals surface area contributed by atoms with E-state index >= 15 is 0 Å². The molecule has 1 rings (SSSR count). The molecule has 0 bridgehead atoms. The van der Waals surface area contributed by atoms with Gasteiger partial charge in [0.2, 0.25) is 0 Å². The molecule has 1 aromatic rings. The summed E-state index contributed by atoms with van der Waals surface area (Å²) < 4.78 is 0. The van der Waals surface area contributed by atoms with Crippen molar-refractivity contribution in [1.82, 2.24) is 10.2 Å². The Labute approximate surface area is 63.9 Å². The highest BCUT2D eigenvalue weighted by atomic mass is 35.5. The number of nitrogens with two attached hydrogens (primary N) is 1. The number of alkyl halides is 1. The van der Waals surface area contributed by atoms with E-state index in [9.17, 15) is 0 Å². The molecule has 0 unspecified atom stereocenters. The summed E-state index contributed by atoms with van der Waals surface area (Å²) in [6.07, 6.45) is 3.64. The van der Waals surface area contributed by atoms with E-state index in [0.717, 1.165) is 5.69 Å². The van der Waals surface area contributed by atoms with E-state index in [1.54, 1.807) is 6.07 Å². The fourth-order valence-electron chi connectivity index (χ4n) is 0.610. The number of hydrogen-bond donors (Lipinski definition) is 2. The van der Waals surface area contributed by atoms with Gasteiger partial charge in [-0.1, -0.05) is 6.08 Å². The average Bonchev–Trinajstić information content (AvgIpc) is 2.31. The fraction of sp³-hybridized carbons (Fsp3) is 0.167. The Morgan fingerprint density at radius 1 is 1.80 bits per heavy atom. The lowest BCUT2D eigenvalue weighted by Gasteiger charge is -1.78. The first-order valence-corrected chi connectivity index (χ1v) is 3.40. The summed E-state index contributed by atoms with van der Waals surface area (Å²) in [7, 11) is 0. The number of H-pyrrole nitrogens is 1. The normalized spacial score (nSPS) is 10.9. The largest absolute Gasteiger partial charge is 0.382 e. The highest BCUT2D eigenvalue weighted by molar-refractivity contribution is 6.19. The molecule has 0 aliphatic rings. The number of nitrogens with one attached hydrogen (secondary N) is 1. The molecule has 0 spiro atoms. The first-order chi connectivity index (χ1) is 4.83. The van der Waals surface area contributed by atoms with Gasteiger partial charge in [0.25, 0.3) is 0 Å². The van der Waals surface area contributed by atoms with Gasteiger partial charge in [-0.2, -0.15) is 5.10 Å². The fourth-order valence-corrected chi connectivity index (χ4v) is 0.699. The number of hydrogen-bond acceptors (Lipinski definition) is 2. The molecular formula is C6H8ClN3. The minimum Gasteiger partial charge on any atom is -0.382 e. The van der Waals surface area contributed by atoms with Crippen LogP contribution in [-0.4, -0.2) is 16.1 Å².